The van der Waals surface area contributed by atoms with Gasteiger partial charge in [-0.2, -0.15) is 5.10 Å². The van der Waals surface area contributed by atoms with Gasteiger partial charge in [-0.05, 0) is 23.6 Å². The maximum atomic E-state index is 12.6. The number of carbonyl (C=O) groups is 1. The molecule has 1 aromatic carbocycles. The summed E-state index contributed by atoms with van der Waals surface area (Å²) in [6.07, 6.45) is 4.96. The van der Waals surface area contributed by atoms with Crippen molar-refractivity contribution in [3.63, 3.8) is 0 Å². The minimum absolute atomic E-state index is 0.0640. The Balaban J connectivity index is 1.85. The second-order valence-electron chi connectivity index (χ2n) is 4.98. The van der Waals surface area contributed by atoms with E-state index in [1.165, 1.54) is 0 Å². The lowest BCUT2D eigenvalue weighted by Crippen LogP contribution is -2.24. The minimum Gasteiger partial charge on any atom is -0.267 e. The average Bonchev–Trinajstić information content (AvgIpc) is 3.05. The van der Waals surface area contributed by atoms with Crippen LogP contribution in [0, 0.1) is 0 Å². The first-order chi connectivity index (χ1) is 10.3. The Morgan fingerprint density at radius 3 is 2.81 bits per heavy atom. The monoisotopic (exact) mass is 279 g/mol. The van der Waals surface area contributed by atoms with Gasteiger partial charge in [0.15, 0.2) is 0 Å². The van der Waals surface area contributed by atoms with Crippen LogP contribution in [0.25, 0.3) is 0 Å². The molecule has 0 radical (unpaired) electrons. The Kier molecular flexibility index (Phi) is 3.77. The molecule has 2 aromatic rings. The molecule has 1 aromatic heterocycles. The molecule has 1 aliphatic heterocycles. The molecule has 0 bridgehead atoms. The van der Waals surface area contributed by atoms with E-state index >= 15 is 0 Å². The number of pyridine rings is 1. The van der Waals surface area contributed by atoms with E-state index in [4.69, 9.17) is 0 Å². The Bertz CT molecular complexity index is 679. The van der Waals surface area contributed by atoms with Gasteiger partial charge in [0.05, 0.1) is 17.8 Å². The number of hydrazone groups is 1. The van der Waals surface area contributed by atoms with Crippen LogP contribution < -0.4 is 0 Å². The summed E-state index contributed by atoms with van der Waals surface area (Å²) < 4.78 is 0. The van der Waals surface area contributed by atoms with Crippen LogP contribution in [-0.4, -0.2) is 28.2 Å². The molecule has 0 atom stereocenters. The van der Waals surface area contributed by atoms with E-state index in [0.717, 1.165) is 29.7 Å². The Morgan fingerprint density at radius 2 is 2.05 bits per heavy atom. The molecule has 1 aliphatic rings. The molecule has 0 saturated heterocycles. The van der Waals surface area contributed by atoms with Crippen molar-refractivity contribution < 1.29 is 4.79 Å². The summed E-state index contributed by atoms with van der Waals surface area (Å²) in [5.74, 6) is -0.0640. The van der Waals surface area contributed by atoms with E-state index in [-0.39, 0.29) is 5.91 Å². The predicted octanol–water partition coefficient (Wildman–Crippen LogP) is 2.89. The number of aromatic nitrogens is 1. The molecule has 0 fully saturated rings. The smallest absolute Gasteiger partial charge is 0.267 e. The summed E-state index contributed by atoms with van der Waals surface area (Å²) in [6, 6.07) is 11.9. The van der Waals surface area contributed by atoms with E-state index < -0.39 is 0 Å². The highest BCUT2D eigenvalue weighted by atomic mass is 16.2. The van der Waals surface area contributed by atoms with E-state index in [9.17, 15) is 4.79 Å². The summed E-state index contributed by atoms with van der Waals surface area (Å²) in [6.45, 7) is 2.66. The molecule has 106 valence electrons. The molecule has 4 heteroatoms. The number of hydrogen-bond donors (Lipinski definition) is 0. The van der Waals surface area contributed by atoms with Gasteiger partial charge >= 0.3 is 0 Å². The van der Waals surface area contributed by atoms with Crippen LogP contribution in [0.5, 0.6) is 0 Å². The van der Waals surface area contributed by atoms with Crippen molar-refractivity contribution in [2.45, 2.75) is 19.8 Å². The van der Waals surface area contributed by atoms with Gasteiger partial charge in [0.1, 0.15) is 0 Å². The molecule has 0 N–H and O–H groups in total. The number of benzene rings is 1. The minimum atomic E-state index is -0.0640. The van der Waals surface area contributed by atoms with Gasteiger partial charge in [-0.3, -0.25) is 9.78 Å². The first kappa shape index (κ1) is 13.5. The summed E-state index contributed by atoms with van der Waals surface area (Å²) >= 11 is 0. The zero-order valence-corrected chi connectivity index (χ0v) is 12.0. The van der Waals surface area contributed by atoms with Crippen molar-refractivity contribution in [2.24, 2.45) is 5.10 Å². The van der Waals surface area contributed by atoms with Gasteiger partial charge in [0.25, 0.3) is 5.91 Å². The van der Waals surface area contributed by atoms with Crippen LogP contribution in [0.4, 0.5) is 0 Å². The molecule has 0 unspecified atom stereocenters. The maximum absolute atomic E-state index is 12.6. The molecule has 0 saturated carbocycles. The second-order valence-corrected chi connectivity index (χ2v) is 4.98. The third kappa shape index (κ3) is 2.70. The fourth-order valence-electron chi connectivity index (χ4n) is 2.50. The standard InChI is InChI=1S/C17H17N3O/c1-2-13-8-10-18-12-15(13)17(21)20-11-9-16(19-20)14-6-4-3-5-7-14/h3-8,10,12H,2,9,11H2,1H3. The molecule has 0 aliphatic carbocycles. The van der Waals surface area contributed by atoms with Crippen molar-refractivity contribution in [1.29, 1.82) is 0 Å². The number of carbonyl (C=O) groups excluding carboxylic acids is 1. The van der Waals surface area contributed by atoms with Crippen molar-refractivity contribution in [1.82, 2.24) is 9.99 Å². The lowest BCUT2D eigenvalue weighted by atomic mass is 10.1. The Hall–Kier alpha value is -2.49. The van der Waals surface area contributed by atoms with Gasteiger partial charge in [0.2, 0.25) is 0 Å². The Morgan fingerprint density at radius 1 is 1.24 bits per heavy atom. The average molecular weight is 279 g/mol. The van der Waals surface area contributed by atoms with Crippen LogP contribution >= 0.6 is 0 Å². The molecule has 4 nitrogen and oxygen atoms in total. The quantitative estimate of drug-likeness (QED) is 0.867. The SMILES string of the molecule is CCc1ccncc1C(=O)N1CCC(c2ccccc2)=N1. The number of hydrogen-bond acceptors (Lipinski definition) is 3. The van der Waals surface area contributed by atoms with Crippen molar-refractivity contribution in [2.75, 3.05) is 6.54 Å². The lowest BCUT2D eigenvalue weighted by Gasteiger charge is -2.13. The van der Waals surface area contributed by atoms with Crippen LogP contribution in [0.2, 0.25) is 0 Å². The third-order valence-electron chi connectivity index (χ3n) is 3.67. The number of nitrogens with zero attached hydrogens (tertiary/aromatic N) is 3. The first-order valence-electron chi connectivity index (χ1n) is 7.17. The van der Waals surface area contributed by atoms with Crippen molar-refractivity contribution >= 4 is 11.6 Å². The van der Waals surface area contributed by atoms with E-state index in [0.29, 0.717) is 12.1 Å². The van der Waals surface area contributed by atoms with Gasteiger partial charge in [-0.25, -0.2) is 5.01 Å². The lowest BCUT2D eigenvalue weighted by molar-refractivity contribution is 0.0777. The van der Waals surface area contributed by atoms with Crippen molar-refractivity contribution in [3.05, 3.63) is 65.5 Å². The molecule has 1 amide bonds. The van der Waals surface area contributed by atoms with E-state index in [1.54, 1.807) is 17.4 Å². The highest BCUT2D eigenvalue weighted by Gasteiger charge is 2.24. The topological polar surface area (TPSA) is 45.6 Å². The van der Waals surface area contributed by atoms with Crippen LogP contribution in [0.15, 0.2) is 53.9 Å². The van der Waals surface area contributed by atoms with Gasteiger partial charge in [0, 0.05) is 18.8 Å². The molecular weight excluding hydrogens is 262 g/mol. The largest absolute Gasteiger partial charge is 0.275 e. The summed E-state index contributed by atoms with van der Waals surface area (Å²) in [4.78, 5) is 16.6. The van der Waals surface area contributed by atoms with Crippen LogP contribution in [0.3, 0.4) is 0 Å². The maximum Gasteiger partial charge on any atom is 0.275 e. The van der Waals surface area contributed by atoms with Crippen LogP contribution in [0.1, 0.15) is 34.8 Å². The Labute approximate surface area is 124 Å². The normalized spacial score (nSPS) is 14.1. The van der Waals surface area contributed by atoms with E-state index in [1.807, 2.05) is 43.3 Å². The summed E-state index contributed by atoms with van der Waals surface area (Å²) in [5, 5.41) is 6.04. The zero-order valence-electron chi connectivity index (χ0n) is 12.0. The van der Waals surface area contributed by atoms with Gasteiger partial charge in [-0.1, -0.05) is 37.3 Å². The van der Waals surface area contributed by atoms with E-state index in [2.05, 4.69) is 10.1 Å². The predicted molar refractivity (Wildman–Crippen MR) is 82.2 cm³/mol. The summed E-state index contributed by atoms with van der Waals surface area (Å²) in [5.41, 5.74) is 3.71. The number of rotatable bonds is 3. The van der Waals surface area contributed by atoms with Gasteiger partial charge < -0.3 is 0 Å². The number of amides is 1. The fourth-order valence-corrected chi connectivity index (χ4v) is 2.50. The molecular formula is C17H17N3O. The molecule has 2 heterocycles. The molecule has 0 spiro atoms. The fraction of sp³-hybridized carbons (Fsp3) is 0.235. The second kappa shape index (κ2) is 5.87. The molecule has 21 heavy (non-hydrogen) atoms. The van der Waals surface area contributed by atoms with Crippen molar-refractivity contribution in [3.8, 4) is 0 Å². The third-order valence-corrected chi connectivity index (χ3v) is 3.67. The molecule has 3 rings (SSSR count). The van der Waals surface area contributed by atoms with Crippen LogP contribution in [-0.2, 0) is 6.42 Å². The highest BCUT2D eigenvalue weighted by Crippen LogP contribution is 2.18. The zero-order chi connectivity index (χ0) is 14.7. The first-order valence-corrected chi connectivity index (χ1v) is 7.17. The number of aryl methyl sites for hydroxylation is 1. The summed E-state index contributed by atoms with van der Waals surface area (Å²) in [7, 11) is 0. The van der Waals surface area contributed by atoms with Gasteiger partial charge in [-0.15, -0.1) is 0 Å². The highest BCUT2D eigenvalue weighted by molar-refractivity contribution is 6.04.